The van der Waals surface area contributed by atoms with Gasteiger partial charge in [0.05, 0.1) is 56.7 Å². The van der Waals surface area contributed by atoms with E-state index in [0.717, 1.165) is 24.5 Å². The Hall–Kier alpha value is -14.1. The van der Waals surface area contributed by atoms with E-state index >= 15 is 43.2 Å². The molecule has 15 atom stereocenters. The van der Waals surface area contributed by atoms with Crippen LogP contribution in [0, 0.1) is 0 Å². The van der Waals surface area contributed by atoms with Gasteiger partial charge in [-0.1, -0.05) is 88.1 Å². The smallest absolute Gasteiger partial charge is 0.305 e. The van der Waals surface area contributed by atoms with Crippen LogP contribution < -0.4 is 64.6 Å². The molecule has 4 saturated heterocycles. The number of likely N-dealkylation sites (N-methyl/N-ethyl adjacent to an activating group) is 2. The van der Waals surface area contributed by atoms with Gasteiger partial charge in [0.15, 0.2) is 0 Å². The van der Waals surface area contributed by atoms with Crippen molar-refractivity contribution in [1.29, 1.82) is 0 Å². The fourth-order valence-corrected chi connectivity index (χ4v) is 17.9. The van der Waals surface area contributed by atoms with Gasteiger partial charge in [-0.25, -0.2) is 4.98 Å². The number of benzene rings is 3. The number of amides is 17. The van der Waals surface area contributed by atoms with Crippen molar-refractivity contribution in [3.8, 4) is 5.75 Å². The van der Waals surface area contributed by atoms with E-state index in [4.69, 9.17) is 16.2 Å². The van der Waals surface area contributed by atoms with Crippen LogP contribution in [0.3, 0.4) is 0 Å². The van der Waals surface area contributed by atoms with Crippen LogP contribution in [0.4, 0.5) is 0 Å². The lowest BCUT2D eigenvalue weighted by Gasteiger charge is -2.37. The minimum Gasteiger partial charge on any atom is -0.508 e. The number of nitrogens with zero attached hydrogens (tertiary/aromatic N) is 6. The number of fused-ring (bicyclic) bond motifs is 5. The van der Waals surface area contributed by atoms with Gasteiger partial charge in [-0.2, -0.15) is 0 Å². The first-order valence-electron chi connectivity index (χ1n) is 45.2. The summed E-state index contributed by atoms with van der Waals surface area (Å²) in [4.78, 5) is 294. The lowest BCUT2D eigenvalue weighted by molar-refractivity contribution is -0.153. The van der Waals surface area contributed by atoms with Crippen molar-refractivity contribution in [3.05, 3.63) is 120 Å². The molecule has 6 aromatic rings. The largest absolute Gasteiger partial charge is 0.508 e. The number of carboxylic acid groups (broad SMARTS) is 2. The second-order valence-corrected chi connectivity index (χ2v) is 35.2. The Morgan fingerprint density at radius 3 is 1.67 bits per heavy atom. The van der Waals surface area contributed by atoms with Crippen molar-refractivity contribution >= 4 is 146 Å². The second kappa shape index (κ2) is 49.9. The van der Waals surface area contributed by atoms with Gasteiger partial charge in [0.1, 0.15) is 90.3 Å². The summed E-state index contributed by atoms with van der Waals surface area (Å²) in [6, 6.07) is -4.58. The number of H-pyrrole nitrogens is 3. The predicted octanol–water partition coefficient (Wildman–Crippen LogP) is -4.13. The topological polar surface area (TPSA) is 684 Å². The van der Waals surface area contributed by atoms with Crippen LogP contribution in [0.1, 0.15) is 126 Å². The predicted molar refractivity (Wildman–Crippen MR) is 489 cm³/mol. The number of ether oxygens (including phenoxy) is 1. The van der Waals surface area contributed by atoms with E-state index in [2.05, 4.69) is 73.1 Å². The molecule has 4 aliphatic rings. The first-order chi connectivity index (χ1) is 65.4. The number of carbonyl (C=O) groups excluding carboxylic acids is 17. The van der Waals surface area contributed by atoms with E-state index in [1.807, 2.05) is 0 Å². The Balaban J connectivity index is 1.03. The van der Waals surface area contributed by atoms with Crippen LogP contribution in [0.5, 0.6) is 5.75 Å². The molecular weight excluding hydrogens is 1810 g/mol. The third-order valence-electron chi connectivity index (χ3n) is 24.3. The molecule has 4 fully saturated rings. The van der Waals surface area contributed by atoms with E-state index in [9.17, 15) is 73.5 Å². The van der Waals surface area contributed by atoms with Gasteiger partial charge in [-0.15, -0.1) is 11.8 Å². The first kappa shape index (κ1) is 105. The first-order valence-corrected chi connectivity index (χ1v) is 46.4. The molecule has 22 N–H and O–H groups in total. The summed E-state index contributed by atoms with van der Waals surface area (Å²) < 4.78 is 5.68. The van der Waals surface area contributed by atoms with Gasteiger partial charge in [-0.05, 0) is 79.5 Å². The van der Waals surface area contributed by atoms with Crippen LogP contribution in [-0.2, 0) is 122 Å². The number of unbranched alkanes of at least 4 members (excludes halogenated alkanes) is 2. The highest BCUT2D eigenvalue weighted by atomic mass is 32.2. The molecular formula is C90H119N21O25S. The molecule has 137 heavy (non-hydrogen) atoms. The average Bonchev–Trinajstić information content (AvgIpc) is 1.68. The number of aliphatic hydroxyl groups is 2. The van der Waals surface area contributed by atoms with Crippen LogP contribution in [0.2, 0.25) is 0 Å². The van der Waals surface area contributed by atoms with Crippen molar-refractivity contribution in [2.75, 3.05) is 71.6 Å². The summed E-state index contributed by atoms with van der Waals surface area (Å²) >= 11 is 0.686. The number of phenolic OH excluding ortho intramolecular Hbond substituents is 1. The van der Waals surface area contributed by atoms with Crippen molar-refractivity contribution in [2.45, 2.75) is 220 Å². The average molecular weight is 1930 g/mol. The number of primary amides is 2. The molecule has 47 heteroatoms. The van der Waals surface area contributed by atoms with Gasteiger partial charge in [0.25, 0.3) is 0 Å². The Morgan fingerprint density at radius 1 is 0.526 bits per heavy atom. The Labute approximate surface area is 790 Å². The molecule has 46 nitrogen and oxygen atoms in total. The third kappa shape index (κ3) is 28.8. The van der Waals surface area contributed by atoms with Gasteiger partial charge in [0, 0.05) is 125 Å². The maximum atomic E-state index is 15.7. The fraction of sp³-hybridized carbons (Fsp3) is 0.511. The Kier molecular flexibility index (Phi) is 38.3. The Morgan fingerprint density at radius 2 is 1.06 bits per heavy atom. The van der Waals surface area contributed by atoms with Crippen LogP contribution >= 0.6 is 11.8 Å². The zero-order chi connectivity index (χ0) is 99.4. The summed E-state index contributed by atoms with van der Waals surface area (Å²) in [6.45, 7) is -0.307. The minimum atomic E-state index is -1.99. The van der Waals surface area contributed by atoms with E-state index in [-0.39, 0.29) is 88.9 Å². The minimum absolute atomic E-state index is 0.0667. The quantitative estimate of drug-likeness (QED) is 0.0245. The molecule has 3 aromatic carbocycles. The molecule has 0 saturated carbocycles. The number of thioether (sulfide) groups is 1. The number of carboxylic acids is 2. The zero-order valence-corrected chi connectivity index (χ0v) is 77.0. The van der Waals surface area contributed by atoms with Gasteiger partial charge >= 0.3 is 11.9 Å². The lowest BCUT2D eigenvalue weighted by Crippen LogP contribution is -2.63. The molecule has 4 aliphatic heterocycles. The molecule has 0 radical (unpaired) electrons. The standard InChI is InChI=1S/C90H119N21O25S/c1-5-7-18-67-82(127)99-58(26-28-75(118)119)78(123)106-66(77(122)96-41-73(92)116)45-137-46-74(117)98-62(32-48-21-23-52(113)24-22-48)88(133)110-30-31-136-44-71(110)85(130)104-64(37-76(120)121)89(134)109-29-13-20-68(109)83(128)102-61(35-51-40-93-47-97-51)80(125)100-59(25-27-72(91)115)87(132)111-42-53(114)36-70(111)84(129)101-60(33-49-38-94-56-16-11-9-14-54(49)56)79(124)105-65(43-112)81(126)103-63(34-50-39-95-57-17-12-10-15-55(50)57)86(131)108(4)69(19-8-6-2)90(135)107(67)3/h9-12,14-17,21-24,38-40,47,53,58-71,94-95,112-114H,5-8,13,18-20,25-37,41-46H2,1-4H3,(H2,91,115)(H2,92,116)(H,93,97)(H,96,122)(H,98,117)(H,99,127)(H,100,125)(H,101,129)(H,102,128)(H,103,126)(H,104,130)(H,105,124)(H,106,123)(H,118,119)(H,120,121)/t53-,58+,59+,60+,61+,62+,63+,64+,65+,66+,67+,68+,69+,70+,71+/m1/s1. The number of hydrogen-bond donors (Lipinski definition) is 20. The molecule has 0 spiro atoms. The molecule has 17 amide bonds. The number of morpholine rings is 1. The van der Waals surface area contributed by atoms with Crippen LogP contribution in [0.25, 0.3) is 21.8 Å². The highest BCUT2D eigenvalue weighted by Crippen LogP contribution is 2.28. The van der Waals surface area contributed by atoms with Crippen molar-refractivity contribution in [1.82, 2.24) is 97.6 Å². The van der Waals surface area contributed by atoms with E-state index < -0.39 is 286 Å². The normalized spacial score (nSPS) is 25.0. The number of hydrogen-bond acceptors (Lipinski definition) is 25. The molecule has 0 bridgehead atoms. The molecule has 10 rings (SSSR count). The number of aromatic amines is 3. The highest BCUT2D eigenvalue weighted by Gasteiger charge is 2.48. The Bertz CT molecular complexity index is 5370. The number of aromatic hydroxyl groups is 1. The molecule has 0 unspecified atom stereocenters. The van der Waals surface area contributed by atoms with Gasteiger partial charge in [0.2, 0.25) is 100 Å². The molecule has 740 valence electrons. The highest BCUT2D eigenvalue weighted by molar-refractivity contribution is 8.00. The number of nitrogens with two attached hydrogens (primary N) is 2. The van der Waals surface area contributed by atoms with Crippen LogP contribution in [-0.4, -0.2) is 345 Å². The van der Waals surface area contributed by atoms with E-state index in [1.54, 1.807) is 74.8 Å². The maximum Gasteiger partial charge on any atom is 0.305 e. The number of nitrogens with one attached hydrogen (secondary N) is 13. The monoisotopic (exact) mass is 1930 g/mol. The lowest BCUT2D eigenvalue weighted by atomic mass is 10.00. The number of aromatic nitrogens is 4. The van der Waals surface area contributed by atoms with Crippen molar-refractivity contribution < 1.29 is 121 Å². The van der Waals surface area contributed by atoms with E-state index in [1.165, 1.54) is 50.9 Å². The van der Waals surface area contributed by atoms with Crippen molar-refractivity contribution in [3.63, 3.8) is 0 Å². The second-order valence-electron chi connectivity index (χ2n) is 34.2. The number of imidazole rings is 1. The number of para-hydroxylation sites is 2. The molecule has 7 heterocycles. The number of carbonyl (C=O) groups is 19. The SMILES string of the molecule is CCCC[C@H]1C(=O)N(C)[C@@H](CCCC)C(=O)N[C@@H](CCC(=O)O)C(=O)N[C@H](C(=O)NCC(N)=O)CSCC(=O)N[C@@H](Cc2ccc(O)cc2)C(=O)N2CCOC[C@H]2C(=O)N[C@@H](CC(=O)O)C(=O)N2CCC[C@H]2C(=O)N[C@@H](Cc2c[nH]cn2)C(=O)N[C@@H](CCC(N)=O)C(=O)N2C[C@H](O)C[C@H]2C(=O)N[C@@H](Cc2c[nH]c3ccccc23)C(=O)N[C@@H](CO)C(=O)N[C@@H](Cc2c[nH]c3ccccc23)C(=O)N1C. The summed E-state index contributed by atoms with van der Waals surface area (Å²) in [7, 11) is 2.56. The number of phenols is 1. The summed E-state index contributed by atoms with van der Waals surface area (Å²) in [6.07, 6.45) is -0.155. The number of rotatable bonds is 26. The van der Waals surface area contributed by atoms with Crippen molar-refractivity contribution in [2.24, 2.45) is 11.5 Å². The molecule has 0 aliphatic carbocycles. The van der Waals surface area contributed by atoms with E-state index in [0.29, 0.717) is 63.1 Å². The van der Waals surface area contributed by atoms with Gasteiger partial charge in [-0.3, -0.25) is 91.1 Å². The van der Waals surface area contributed by atoms with Gasteiger partial charge < -0.3 is 134 Å². The number of aliphatic carboxylic acids is 2. The molecule has 3 aromatic heterocycles. The summed E-state index contributed by atoms with van der Waals surface area (Å²) in [5.74, 6) is -22.1. The summed E-state index contributed by atoms with van der Waals surface area (Å²) in [5.41, 5.74) is 13.6. The fourth-order valence-electron chi connectivity index (χ4n) is 17.0. The third-order valence-corrected chi connectivity index (χ3v) is 25.4. The summed E-state index contributed by atoms with van der Waals surface area (Å²) in [5, 5.41) is 79.9. The maximum absolute atomic E-state index is 15.7. The number of aliphatic hydroxyl groups excluding tert-OH is 2. The zero-order valence-electron chi connectivity index (χ0n) is 76.1. The van der Waals surface area contributed by atoms with Crippen LogP contribution in [0.15, 0.2) is 97.7 Å².